The molecule has 0 heterocycles. The maximum absolute atomic E-state index is 12.3. The Balaban J connectivity index is 1.96. The number of sulfonamides is 1. The SMILES string of the molecule is CCNS(=O)(=O)c1ccc(/C=C/C(=O)N(C)CC(=O)Nc2c(C)cccc2C)cc1. The minimum Gasteiger partial charge on any atom is -0.333 e. The van der Waals surface area contributed by atoms with E-state index >= 15 is 0 Å². The highest BCUT2D eigenvalue weighted by Crippen LogP contribution is 2.19. The molecule has 160 valence electrons. The molecule has 0 fully saturated rings. The topological polar surface area (TPSA) is 95.6 Å². The van der Waals surface area contributed by atoms with Gasteiger partial charge in [-0.25, -0.2) is 13.1 Å². The minimum atomic E-state index is -3.51. The molecule has 0 aliphatic rings. The van der Waals surface area contributed by atoms with Gasteiger partial charge < -0.3 is 10.2 Å². The van der Waals surface area contributed by atoms with Crippen LogP contribution < -0.4 is 10.0 Å². The number of benzene rings is 2. The van der Waals surface area contributed by atoms with E-state index in [-0.39, 0.29) is 23.3 Å². The summed E-state index contributed by atoms with van der Waals surface area (Å²) in [5, 5.41) is 2.85. The molecule has 0 aliphatic carbocycles. The highest BCUT2D eigenvalue weighted by Gasteiger charge is 2.13. The highest BCUT2D eigenvalue weighted by molar-refractivity contribution is 7.89. The average molecular weight is 430 g/mol. The number of aryl methyl sites for hydroxylation is 2. The summed E-state index contributed by atoms with van der Waals surface area (Å²) < 4.78 is 26.3. The van der Waals surface area contributed by atoms with Crippen LogP contribution in [-0.2, 0) is 19.6 Å². The third-order valence-corrected chi connectivity index (χ3v) is 6.01. The van der Waals surface area contributed by atoms with Crippen LogP contribution in [0.2, 0.25) is 0 Å². The summed E-state index contributed by atoms with van der Waals surface area (Å²) in [6.07, 6.45) is 2.92. The number of nitrogens with one attached hydrogen (secondary N) is 2. The molecule has 0 aromatic heterocycles. The summed E-state index contributed by atoms with van der Waals surface area (Å²) in [4.78, 5) is 26.1. The molecular weight excluding hydrogens is 402 g/mol. The number of likely N-dealkylation sites (N-methyl/N-ethyl adjacent to an activating group) is 1. The first kappa shape index (κ1) is 23.3. The summed E-state index contributed by atoms with van der Waals surface area (Å²) in [5.41, 5.74) is 3.34. The molecule has 0 atom stereocenters. The zero-order valence-electron chi connectivity index (χ0n) is 17.6. The quantitative estimate of drug-likeness (QED) is 0.631. The van der Waals surface area contributed by atoms with Crippen molar-refractivity contribution in [3.63, 3.8) is 0 Å². The molecule has 0 saturated carbocycles. The highest BCUT2D eigenvalue weighted by atomic mass is 32.2. The third-order valence-electron chi connectivity index (χ3n) is 4.45. The Morgan fingerprint density at radius 3 is 2.20 bits per heavy atom. The van der Waals surface area contributed by atoms with E-state index in [1.165, 1.54) is 23.1 Å². The van der Waals surface area contributed by atoms with Gasteiger partial charge >= 0.3 is 0 Å². The van der Waals surface area contributed by atoms with Gasteiger partial charge in [-0.15, -0.1) is 0 Å². The zero-order chi connectivity index (χ0) is 22.3. The summed E-state index contributed by atoms with van der Waals surface area (Å²) >= 11 is 0. The number of carbonyl (C=O) groups excluding carboxylic acids is 2. The van der Waals surface area contributed by atoms with Crippen molar-refractivity contribution in [2.24, 2.45) is 0 Å². The van der Waals surface area contributed by atoms with E-state index in [1.807, 2.05) is 32.0 Å². The summed E-state index contributed by atoms with van der Waals surface area (Å²) in [7, 11) is -1.97. The van der Waals surface area contributed by atoms with Gasteiger partial charge in [-0.05, 0) is 48.7 Å². The Bertz CT molecular complexity index is 1020. The Morgan fingerprint density at radius 1 is 1.03 bits per heavy atom. The lowest BCUT2D eigenvalue weighted by Crippen LogP contribution is -2.34. The van der Waals surface area contributed by atoms with Crippen molar-refractivity contribution >= 4 is 33.6 Å². The van der Waals surface area contributed by atoms with Gasteiger partial charge in [-0.3, -0.25) is 9.59 Å². The van der Waals surface area contributed by atoms with Crippen molar-refractivity contribution in [3.8, 4) is 0 Å². The standard InChI is InChI=1S/C22H27N3O4S/c1-5-23-30(28,29)19-12-9-18(10-13-19)11-14-21(27)25(4)15-20(26)24-22-16(2)7-6-8-17(22)3/h6-14,23H,5,15H2,1-4H3,(H,24,26)/b14-11+. The molecule has 0 bridgehead atoms. The van der Waals surface area contributed by atoms with Crippen molar-refractivity contribution in [1.29, 1.82) is 0 Å². The lowest BCUT2D eigenvalue weighted by molar-refractivity contribution is -0.129. The molecule has 2 aromatic carbocycles. The smallest absolute Gasteiger partial charge is 0.246 e. The largest absolute Gasteiger partial charge is 0.333 e. The Kier molecular flexibility index (Phi) is 7.91. The Morgan fingerprint density at radius 2 is 1.63 bits per heavy atom. The van der Waals surface area contributed by atoms with Crippen LogP contribution in [0.5, 0.6) is 0 Å². The molecule has 30 heavy (non-hydrogen) atoms. The van der Waals surface area contributed by atoms with E-state index < -0.39 is 10.0 Å². The number of hydrogen-bond acceptors (Lipinski definition) is 4. The lowest BCUT2D eigenvalue weighted by atomic mass is 10.1. The molecule has 7 nitrogen and oxygen atoms in total. The number of carbonyl (C=O) groups is 2. The first-order valence-corrected chi connectivity index (χ1v) is 11.0. The minimum absolute atomic E-state index is 0.0865. The molecule has 0 aliphatic heterocycles. The normalized spacial score (nSPS) is 11.5. The van der Waals surface area contributed by atoms with Crippen LogP contribution in [0, 0.1) is 13.8 Å². The van der Waals surface area contributed by atoms with Crippen LogP contribution in [0.15, 0.2) is 53.4 Å². The van der Waals surface area contributed by atoms with Crippen molar-refractivity contribution in [2.45, 2.75) is 25.7 Å². The molecule has 0 saturated heterocycles. The van der Waals surface area contributed by atoms with E-state index in [9.17, 15) is 18.0 Å². The maximum Gasteiger partial charge on any atom is 0.246 e. The van der Waals surface area contributed by atoms with Gasteiger partial charge in [0.15, 0.2) is 0 Å². The van der Waals surface area contributed by atoms with E-state index in [1.54, 1.807) is 32.2 Å². The van der Waals surface area contributed by atoms with Gasteiger partial charge in [0.25, 0.3) is 0 Å². The molecule has 2 N–H and O–H groups in total. The van der Waals surface area contributed by atoms with Crippen molar-refractivity contribution in [2.75, 3.05) is 25.5 Å². The van der Waals surface area contributed by atoms with Crippen LogP contribution in [0.25, 0.3) is 6.08 Å². The molecule has 0 radical (unpaired) electrons. The molecule has 2 aromatic rings. The molecule has 8 heteroatoms. The molecule has 2 rings (SSSR count). The van der Waals surface area contributed by atoms with Gasteiger partial charge in [0.1, 0.15) is 0 Å². The second kappa shape index (κ2) is 10.2. The fourth-order valence-corrected chi connectivity index (χ4v) is 3.85. The summed E-state index contributed by atoms with van der Waals surface area (Å²) in [5.74, 6) is -0.620. The van der Waals surface area contributed by atoms with E-state index in [2.05, 4.69) is 10.0 Å². The van der Waals surface area contributed by atoms with Crippen LogP contribution in [0.4, 0.5) is 5.69 Å². The average Bonchev–Trinajstić information content (AvgIpc) is 2.69. The molecule has 2 amide bonds. The Hall–Kier alpha value is -2.97. The van der Waals surface area contributed by atoms with Crippen LogP contribution in [0.1, 0.15) is 23.6 Å². The second-order valence-electron chi connectivity index (χ2n) is 6.91. The predicted octanol–water partition coefficient (Wildman–Crippen LogP) is 2.71. The van der Waals surface area contributed by atoms with E-state index in [0.717, 1.165) is 16.8 Å². The van der Waals surface area contributed by atoms with Gasteiger partial charge in [0, 0.05) is 25.4 Å². The summed E-state index contributed by atoms with van der Waals surface area (Å²) in [6, 6.07) is 11.9. The van der Waals surface area contributed by atoms with Crippen molar-refractivity contribution in [3.05, 3.63) is 65.2 Å². The number of rotatable bonds is 8. The number of hydrogen-bond donors (Lipinski definition) is 2. The first-order valence-electron chi connectivity index (χ1n) is 9.53. The number of para-hydroxylation sites is 1. The number of nitrogens with zero attached hydrogens (tertiary/aromatic N) is 1. The molecule has 0 spiro atoms. The molecular formula is C22H27N3O4S. The second-order valence-corrected chi connectivity index (χ2v) is 8.68. The van der Waals surface area contributed by atoms with E-state index in [4.69, 9.17) is 0 Å². The summed E-state index contributed by atoms with van der Waals surface area (Å²) in [6.45, 7) is 5.75. The third kappa shape index (κ3) is 6.27. The fourth-order valence-electron chi connectivity index (χ4n) is 2.81. The van der Waals surface area contributed by atoms with Crippen molar-refractivity contribution < 1.29 is 18.0 Å². The fraction of sp³-hybridized carbons (Fsp3) is 0.273. The van der Waals surface area contributed by atoms with Gasteiger partial charge in [0.05, 0.1) is 11.4 Å². The maximum atomic E-state index is 12.3. The number of anilines is 1. The predicted molar refractivity (Wildman–Crippen MR) is 119 cm³/mol. The van der Waals surface area contributed by atoms with Gasteiger partial charge in [-0.2, -0.15) is 0 Å². The van der Waals surface area contributed by atoms with Crippen molar-refractivity contribution in [1.82, 2.24) is 9.62 Å². The van der Waals surface area contributed by atoms with Crippen LogP contribution >= 0.6 is 0 Å². The van der Waals surface area contributed by atoms with E-state index in [0.29, 0.717) is 12.1 Å². The number of amides is 2. The zero-order valence-corrected chi connectivity index (χ0v) is 18.4. The lowest BCUT2D eigenvalue weighted by Gasteiger charge is -2.16. The monoisotopic (exact) mass is 429 g/mol. The van der Waals surface area contributed by atoms with Crippen LogP contribution in [-0.4, -0.2) is 45.3 Å². The van der Waals surface area contributed by atoms with Gasteiger partial charge in [0.2, 0.25) is 21.8 Å². The Labute approximate surface area is 177 Å². The van der Waals surface area contributed by atoms with Crippen LogP contribution in [0.3, 0.4) is 0 Å². The van der Waals surface area contributed by atoms with Gasteiger partial charge in [-0.1, -0.05) is 37.3 Å². The molecule has 0 unspecified atom stereocenters. The first-order chi connectivity index (χ1) is 14.1.